The van der Waals surface area contributed by atoms with Crippen molar-refractivity contribution in [2.45, 2.75) is 26.3 Å². The number of anilines is 1. The number of halogens is 1. The number of Topliss-reactive ketones (excluding diaryl/α,β-unsaturated/α-hetero) is 1. The number of hydrogen-bond donors (Lipinski definition) is 1. The second-order valence-electron chi connectivity index (χ2n) is 6.66. The topological polar surface area (TPSA) is 59.8 Å². The maximum atomic E-state index is 11.7. The van der Waals surface area contributed by atoms with Gasteiger partial charge in [-0.05, 0) is 43.2 Å². The lowest BCUT2D eigenvalue weighted by molar-refractivity contribution is -0.114. The molecule has 0 amide bonds. The highest BCUT2D eigenvalue weighted by Gasteiger charge is 2.19. The first kappa shape index (κ1) is 17.5. The van der Waals surface area contributed by atoms with Crippen molar-refractivity contribution in [2.75, 3.05) is 5.32 Å². The molecule has 1 aliphatic rings. The highest BCUT2D eigenvalue weighted by atomic mass is 35.5. The Labute approximate surface area is 162 Å². The van der Waals surface area contributed by atoms with Gasteiger partial charge in [0.1, 0.15) is 5.69 Å². The number of aromatic nitrogens is 3. The Balaban J connectivity index is 1.53. The van der Waals surface area contributed by atoms with Gasteiger partial charge >= 0.3 is 0 Å². The SMILES string of the molecule is CC1=C(Nc2cccc(-c3cn(Cc4cccc(Cl)c4)nn3)c2)CCC1=O. The van der Waals surface area contributed by atoms with Crippen molar-refractivity contribution in [1.29, 1.82) is 0 Å². The van der Waals surface area contributed by atoms with Crippen LogP contribution in [0.1, 0.15) is 25.3 Å². The molecule has 0 spiro atoms. The van der Waals surface area contributed by atoms with Crippen molar-refractivity contribution in [2.24, 2.45) is 0 Å². The third kappa shape index (κ3) is 3.93. The molecule has 0 aliphatic heterocycles. The van der Waals surface area contributed by atoms with Gasteiger partial charge in [-0.25, -0.2) is 4.68 Å². The number of rotatable bonds is 5. The van der Waals surface area contributed by atoms with Gasteiger partial charge < -0.3 is 5.32 Å². The van der Waals surface area contributed by atoms with E-state index in [0.717, 1.165) is 40.2 Å². The molecule has 6 heteroatoms. The van der Waals surface area contributed by atoms with Gasteiger partial charge in [-0.2, -0.15) is 0 Å². The zero-order chi connectivity index (χ0) is 18.8. The molecule has 1 N–H and O–H groups in total. The number of ketones is 1. The van der Waals surface area contributed by atoms with E-state index in [1.807, 2.05) is 61.7 Å². The van der Waals surface area contributed by atoms with Crippen LogP contribution < -0.4 is 5.32 Å². The van der Waals surface area contributed by atoms with E-state index in [2.05, 4.69) is 15.6 Å². The summed E-state index contributed by atoms with van der Waals surface area (Å²) in [5.41, 5.74) is 5.62. The normalized spacial score (nSPS) is 14.1. The lowest BCUT2D eigenvalue weighted by Gasteiger charge is -2.09. The van der Waals surface area contributed by atoms with Gasteiger partial charge in [0.2, 0.25) is 0 Å². The van der Waals surface area contributed by atoms with Gasteiger partial charge in [-0.3, -0.25) is 4.79 Å². The highest BCUT2D eigenvalue weighted by Crippen LogP contribution is 2.27. The summed E-state index contributed by atoms with van der Waals surface area (Å²) in [4.78, 5) is 11.7. The Morgan fingerprint density at radius 3 is 2.78 bits per heavy atom. The molecule has 1 heterocycles. The second kappa shape index (κ2) is 7.37. The minimum Gasteiger partial charge on any atom is -0.359 e. The molecule has 0 atom stereocenters. The summed E-state index contributed by atoms with van der Waals surface area (Å²) in [5.74, 6) is 0.220. The Morgan fingerprint density at radius 2 is 2.00 bits per heavy atom. The van der Waals surface area contributed by atoms with E-state index >= 15 is 0 Å². The van der Waals surface area contributed by atoms with E-state index in [1.54, 1.807) is 4.68 Å². The summed E-state index contributed by atoms with van der Waals surface area (Å²) in [6.45, 7) is 2.49. The third-order valence-electron chi connectivity index (χ3n) is 4.70. The van der Waals surface area contributed by atoms with Crippen LogP contribution in [-0.4, -0.2) is 20.8 Å². The van der Waals surface area contributed by atoms with Crippen molar-refractivity contribution in [3.8, 4) is 11.3 Å². The number of hydrogen-bond acceptors (Lipinski definition) is 4. The van der Waals surface area contributed by atoms with Gasteiger partial charge in [0.05, 0.1) is 12.7 Å². The first-order chi connectivity index (χ1) is 13.1. The second-order valence-corrected chi connectivity index (χ2v) is 7.10. The molecule has 3 aromatic rings. The van der Waals surface area contributed by atoms with Crippen molar-refractivity contribution < 1.29 is 4.79 Å². The molecule has 27 heavy (non-hydrogen) atoms. The Morgan fingerprint density at radius 1 is 1.15 bits per heavy atom. The first-order valence-electron chi connectivity index (χ1n) is 8.83. The molecular formula is C21H19ClN4O. The number of benzene rings is 2. The van der Waals surface area contributed by atoms with Crippen molar-refractivity contribution in [3.05, 3.63) is 76.6 Å². The zero-order valence-electron chi connectivity index (χ0n) is 14.9. The monoisotopic (exact) mass is 378 g/mol. The molecule has 0 saturated carbocycles. The molecule has 2 aromatic carbocycles. The molecule has 0 unspecified atom stereocenters. The summed E-state index contributed by atoms with van der Waals surface area (Å²) in [6, 6.07) is 15.7. The van der Waals surface area contributed by atoms with Crippen LogP contribution in [0.3, 0.4) is 0 Å². The fourth-order valence-corrected chi connectivity index (χ4v) is 3.41. The van der Waals surface area contributed by atoms with Crippen LogP contribution in [0.15, 0.2) is 66.0 Å². The third-order valence-corrected chi connectivity index (χ3v) is 4.93. The van der Waals surface area contributed by atoms with E-state index < -0.39 is 0 Å². The number of carbonyl (C=O) groups excluding carboxylic acids is 1. The summed E-state index contributed by atoms with van der Waals surface area (Å²) in [7, 11) is 0. The van der Waals surface area contributed by atoms with Crippen LogP contribution in [-0.2, 0) is 11.3 Å². The van der Waals surface area contributed by atoms with Gasteiger partial charge in [0.25, 0.3) is 0 Å². The van der Waals surface area contributed by atoms with Crippen LogP contribution in [0.4, 0.5) is 5.69 Å². The maximum Gasteiger partial charge on any atom is 0.160 e. The van der Waals surface area contributed by atoms with E-state index in [1.165, 1.54) is 0 Å². The average Bonchev–Trinajstić information content (AvgIpc) is 3.24. The van der Waals surface area contributed by atoms with Gasteiger partial charge in [0, 0.05) is 34.0 Å². The molecule has 1 aliphatic carbocycles. The predicted octanol–water partition coefficient (Wildman–Crippen LogP) is 4.70. The molecule has 5 nitrogen and oxygen atoms in total. The van der Waals surface area contributed by atoms with Gasteiger partial charge in [-0.15, -0.1) is 5.10 Å². The molecular weight excluding hydrogens is 360 g/mol. The van der Waals surface area contributed by atoms with E-state index in [9.17, 15) is 4.79 Å². The van der Waals surface area contributed by atoms with Gasteiger partial charge in [0.15, 0.2) is 5.78 Å². The van der Waals surface area contributed by atoms with Crippen LogP contribution in [0.25, 0.3) is 11.3 Å². The summed E-state index contributed by atoms with van der Waals surface area (Å²) >= 11 is 6.04. The molecule has 0 bridgehead atoms. The minimum atomic E-state index is 0.220. The average molecular weight is 379 g/mol. The van der Waals surface area contributed by atoms with Gasteiger partial charge in [-0.1, -0.05) is 41.1 Å². The van der Waals surface area contributed by atoms with Crippen molar-refractivity contribution in [3.63, 3.8) is 0 Å². The molecule has 4 rings (SSSR count). The number of nitrogens with zero attached hydrogens (tertiary/aromatic N) is 3. The molecule has 0 fully saturated rings. The summed E-state index contributed by atoms with van der Waals surface area (Å²) in [6.07, 6.45) is 3.28. The Hall–Kier alpha value is -2.92. The van der Waals surface area contributed by atoms with E-state index in [0.29, 0.717) is 18.0 Å². The van der Waals surface area contributed by atoms with Crippen LogP contribution in [0, 0.1) is 0 Å². The van der Waals surface area contributed by atoms with Crippen LogP contribution >= 0.6 is 11.6 Å². The molecule has 0 saturated heterocycles. The summed E-state index contributed by atoms with van der Waals surface area (Å²) in [5, 5.41) is 12.6. The van der Waals surface area contributed by atoms with Crippen molar-refractivity contribution >= 4 is 23.1 Å². The van der Waals surface area contributed by atoms with E-state index in [4.69, 9.17) is 11.6 Å². The lowest BCUT2D eigenvalue weighted by atomic mass is 10.1. The molecule has 136 valence electrons. The highest BCUT2D eigenvalue weighted by molar-refractivity contribution is 6.30. The lowest BCUT2D eigenvalue weighted by Crippen LogP contribution is -2.00. The number of allylic oxidation sites excluding steroid dienone is 2. The fourth-order valence-electron chi connectivity index (χ4n) is 3.20. The fraction of sp³-hybridized carbons (Fsp3) is 0.190. The van der Waals surface area contributed by atoms with E-state index in [-0.39, 0.29) is 5.78 Å². The standard InChI is InChI=1S/C21H19ClN4O/c1-14-19(8-9-21(14)27)23-18-7-3-5-16(11-18)20-13-26(25-24-20)12-15-4-2-6-17(22)10-15/h2-7,10-11,13,23H,8-9,12H2,1H3. The smallest absolute Gasteiger partial charge is 0.160 e. The largest absolute Gasteiger partial charge is 0.359 e. The predicted molar refractivity (Wildman–Crippen MR) is 107 cm³/mol. The Kier molecular flexibility index (Phi) is 4.77. The number of nitrogens with one attached hydrogen (secondary N) is 1. The van der Waals surface area contributed by atoms with Crippen molar-refractivity contribution in [1.82, 2.24) is 15.0 Å². The molecule has 0 radical (unpaired) electrons. The summed E-state index contributed by atoms with van der Waals surface area (Å²) < 4.78 is 1.80. The Bertz CT molecular complexity index is 1040. The quantitative estimate of drug-likeness (QED) is 0.699. The maximum absolute atomic E-state index is 11.7. The zero-order valence-corrected chi connectivity index (χ0v) is 15.7. The van der Waals surface area contributed by atoms with Crippen LogP contribution in [0.2, 0.25) is 5.02 Å². The first-order valence-corrected chi connectivity index (χ1v) is 9.21. The number of carbonyl (C=O) groups is 1. The minimum absolute atomic E-state index is 0.220. The van der Waals surface area contributed by atoms with Crippen LogP contribution in [0.5, 0.6) is 0 Å². The molecule has 1 aromatic heterocycles.